The lowest BCUT2D eigenvalue weighted by atomic mass is 10.2. The molecule has 0 unspecified atom stereocenters. The highest BCUT2D eigenvalue weighted by atomic mass is 16.5. The van der Waals surface area contributed by atoms with Crippen LogP contribution in [0, 0.1) is 0 Å². The molecule has 1 saturated heterocycles. The number of likely N-dealkylation sites (tertiary alicyclic amines) is 1. The van der Waals surface area contributed by atoms with E-state index >= 15 is 0 Å². The van der Waals surface area contributed by atoms with Crippen molar-refractivity contribution in [3.05, 3.63) is 30.7 Å². The molecule has 1 aromatic carbocycles. The standard InChI is InChI=1S/C15H19N3O/c1-2-8-18(7-1)9-4-10-19-15-6-3-5-14-13(15)11-16-12-17-14/h3,5-6,11-12H,1-2,4,7-10H2. The SMILES string of the molecule is c1cc(OCCCN2CCCC2)c2cncnc2c1. The van der Waals surface area contributed by atoms with Gasteiger partial charge in [0, 0.05) is 12.7 Å². The lowest BCUT2D eigenvalue weighted by Gasteiger charge is -2.14. The molecule has 0 amide bonds. The first kappa shape index (κ1) is 12.4. The van der Waals surface area contributed by atoms with E-state index in [-0.39, 0.29) is 0 Å². The van der Waals surface area contributed by atoms with E-state index in [1.54, 1.807) is 6.33 Å². The van der Waals surface area contributed by atoms with Crippen molar-refractivity contribution in [1.29, 1.82) is 0 Å². The lowest BCUT2D eigenvalue weighted by molar-refractivity contribution is 0.265. The third-order valence-corrected chi connectivity index (χ3v) is 3.59. The minimum Gasteiger partial charge on any atom is -0.493 e. The second-order valence-electron chi connectivity index (χ2n) is 4.96. The third-order valence-electron chi connectivity index (χ3n) is 3.59. The van der Waals surface area contributed by atoms with Gasteiger partial charge in [-0.2, -0.15) is 0 Å². The first-order chi connectivity index (χ1) is 9.43. The summed E-state index contributed by atoms with van der Waals surface area (Å²) < 4.78 is 5.87. The molecule has 1 aromatic heterocycles. The average Bonchev–Trinajstić information content (AvgIpc) is 2.97. The van der Waals surface area contributed by atoms with E-state index in [0.29, 0.717) is 0 Å². The number of aromatic nitrogens is 2. The molecule has 3 rings (SSSR count). The van der Waals surface area contributed by atoms with Gasteiger partial charge < -0.3 is 9.64 Å². The fraction of sp³-hybridized carbons (Fsp3) is 0.467. The van der Waals surface area contributed by atoms with Crippen LogP contribution in [0.25, 0.3) is 10.9 Å². The van der Waals surface area contributed by atoms with E-state index in [1.165, 1.54) is 25.9 Å². The van der Waals surface area contributed by atoms with Crippen molar-refractivity contribution in [1.82, 2.24) is 14.9 Å². The molecule has 0 bridgehead atoms. The quantitative estimate of drug-likeness (QED) is 0.771. The van der Waals surface area contributed by atoms with Crippen LogP contribution < -0.4 is 4.74 Å². The second-order valence-corrected chi connectivity index (χ2v) is 4.96. The Labute approximate surface area is 113 Å². The van der Waals surface area contributed by atoms with Crippen LogP contribution in [0.3, 0.4) is 0 Å². The predicted octanol–water partition coefficient (Wildman–Crippen LogP) is 2.49. The van der Waals surface area contributed by atoms with Gasteiger partial charge in [-0.3, -0.25) is 0 Å². The van der Waals surface area contributed by atoms with Gasteiger partial charge in [-0.05, 0) is 44.5 Å². The normalized spacial score (nSPS) is 16.0. The van der Waals surface area contributed by atoms with Crippen LogP contribution in [0.5, 0.6) is 5.75 Å². The van der Waals surface area contributed by atoms with Crippen molar-refractivity contribution in [2.45, 2.75) is 19.3 Å². The highest BCUT2D eigenvalue weighted by Gasteiger charge is 2.10. The molecule has 4 nitrogen and oxygen atoms in total. The van der Waals surface area contributed by atoms with E-state index in [0.717, 1.165) is 36.2 Å². The van der Waals surface area contributed by atoms with Crippen molar-refractivity contribution in [3.63, 3.8) is 0 Å². The summed E-state index contributed by atoms with van der Waals surface area (Å²) in [4.78, 5) is 10.8. The summed E-state index contributed by atoms with van der Waals surface area (Å²) in [7, 11) is 0. The van der Waals surface area contributed by atoms with Gasteiger partial charge in [-0.1, -0.05) is 6.07 Å². The zero-order valence-corrected chi connectivity index (χ0v) is 11.1. The van der Waals surface area contributed by atoms with E-state index in [2.05, 4.69) is 14.9 Å². The maximum atomic E-state index is 5.87. The van der Waals surface area contributed by atoms with Crippen LogP contribution in [0.4, 0.5) is 0 Å². The predicted molar refractivity (Wildman–Crippen MR) is 75.3 cm³/mol. The Morgan fingerprint density at radius 2 is 2.11 bits per heavy atom. The third kappa shape index (κ3) is 3.01. The largest absolute Gasteiger partial charge is 0.493 e. The number of fused-ring (bicyclic) bond motifs is 1. The van der Waals surface area contributed by atoms with E-state index < -0.39 is 0 Å². The molecule has 0 atom stereocenters. The Morgan fingerprint density at radius 3 is 3.00 bits per heavy atom. The maximum absolute atomic E-state index is 5.87. The molecule has 0 N–H and O–H groups in total. The topological polar surface area (TPSA) is 38.2 Å². The summed E-state index contributed by atoms with van der Waals surface area (Å²) in [6.45, 7) is 4.40. The van der Waals surface area contributed by atoms with Crippen molar-refractivity contribution in [2.75, 3.05) is 26.2 Å². The van der Waals surface area contributed by atoms with Gasteiger partial charge in [0.15, 0.2) is 0 Å². The second kappa shape index (κ2) is 5.97. The lowest BCUT2D eigenvalue weighted by Crippen LogP contribution is -2.21. The summed E-state index contributed by atoms with van der Waals surface area (Å²) in [5.41, 5.74) is 0.937. The van der Waals surface area contributed by atoms with Gasteiger partial charge in [-0.15, -0.1) is 0 Å². The fourth-order valence-electron chi connectivity index (χ4n) is 2.58. The molecule has 4 heteroatoms. The van der Waals surface area contributed by atoms with E-state index in [9.17, 15) is 0 Å². The molecule has 2 heterocycles. The zero-order valence-electron chi connectivity index (χ0n) is 11.1. The Balaban J connectivity index is 1.56. The number of benzene rings is 1. The molecule has 0 spiro atoms. The molecule has 1 aliphatic heterocycles. The first-order valence-electron chi connectivity index (χ1n) is 6.97. The Bertz CT molecular complexity index is 532. The molecule has 1 fully saturated rings. The molecule has 0 radical (unpaired) electrons. The van der Waals surface area contributed by atoms with Gasteiger partial charge >= 0.3 is 0 Å². The maximum Gasteiger partial charge on any atom is 0.130 e. The molecule has 100 valence electrons. The Morgan fingerprint density at radius 1 is 1.21 bits per heavy atom. The van der Waals surface area contributed by atoms with Gasteiger partial charge in [0.1, 0.15) is 12.1 Å². The van der Waals surface area contributed by atoms with Crippen LogP contribution in [0.2, 0.25) is 0 Å². The molecule has 0 aliphatic carbocycles. The molecule has 0 saturated carbocycles. The van der Waals surface area contributed by atoms with Crippen molar-refractivity contribution < 1.29 is 4.74 Å². The number of hydrogen-bond donors (Lipinski definition) is 0. The fourth-order valence-corrected chi connectivity index (χ4v) is 2.58. The van der Waals surface area contributed by atoms with E-state index in [1.807, 2.05) is 24.4 Å². The summed E-state index contributed by atoms with van der Waals surface area (Å²) >= 11 is 0. The Hall–Kier alpha value is -1.68. The smallest absolute Gasteiger partial charge is 0.130 e. The van der Waals surface area contributed by atoms with Crippen LogP contribution >= 0.6 is 0 Å². The molecule has 1 aliphatic rings. The number of ether oxygens (including phenoxy) is 1. The number of rotatable bonds is 5. The van der Waals surface area contributed by atoms with E-state index in [4.69, 9.17) is 4.74 Å². The van der Waals surface area contributed by atoms with Gasteiger partial charge in [-0.25, -0.2) is 9.97 Å². The zero-order chi connectivity index (χ0) is 12.9. The molecular formula is C15H19N3O. The summed E-state index contributed by atoms with van der Waals surface area (Å²) in [6, 6.07) is 5.95. The molecule has 19 heavy (non-hydrogen) atoms. The number of hydrogen-bond acceptors (Lipinski definition) is 4. The molecular weight excluding hydrogens is 238 g/mol. The van der Waals surface area contributed by atoms with Crippen LogP contribution in [-0.2, 0) is 0 Å². The minimum atomic E-state index is 0.754. The van der Waals surface area contributed by atoms with Crippen LogP contribution in [0.15, 0.2) is 30.7 Å². The van der Waals surface area contributed by atoms with Crippen LogP contribution in [0.1, 0.15) is 19.3 Å². The summed E-state index contributed by atoms with van der Waals surface area (Å²) in [5.74, 6) is 0.888. The summed E-state index contributed by atoms with van der Waals surface area (Å²) in [5, 5.41) is 0.992. The highest BCUT2D eigenvalue weighted by Crippen LogP contribution is 2.22. The van der Waals surface area contributed by atoms with Gasteiger partial charge in [0.05, 0.1) is 17.5 Å². The van der Waals surface area contributed by atoms with Crippen molar-refractivity contribution >= 4 is 10.9 Å². The number of nitrogens with zero attached hydrogens (tertiary/aromatic N) is 3. The molecule has 2 aromatic rings. The highest BCUT2D eigenvalue weighted by molar-refractivity contribution is 5.83. The van der Waals surface area contributed by atoms with Crippen molar-refractivity contribution in [3.8, 4) is 5.75 Å². The minimum absolute atomic E-state index is 0.754. The summed E-state index contributed by atoms with van der Waals surface area (Å²) in [6.07, 6.45) is 7.16. The van der Waals surface area contributed by atoms with Crippen LogP contribution in [-0.4, -0.2) is 41.1 Å². The average molecular weight is 257 g/mol. The monoisotopic (exact) mass is 257 g/mol. The first-order valence-corrected chi connectivity index (χ1v) is 6.97. The van der Waals surface area contributed by atoms with Gasteiger partial charge in [0.25, 0.3) is 0 Å². The van der Waals surface area contributed by atoms with Crippen molar-refractivity contribution in [2.24, 2.45) is 0 Å². The van der Waals surface area contributed by atoms with Gasteiger partial charge in [0.2, 0.25) is 0 Å². The Kier molecular flexibility index (Phi) is 3.89.